The smallest absolute Gasteiger partial charge is 0.341 e. The van der Waals surface area contributed by atoms with E-state index in [2.05, 4.69) is 5.32 Å². The predicted molar refractivity (Wildman–Crippen MR) is 125 cm³/mol. The summed E-state index contributed by atoms with van der Waals surface area (Å²) in [5, 5.41) is 27.0. The molecule has 1 heterocycles. The lowest BCUT2D eigenvalue weighted by Gasteiger charge is -2.10. The van der Waals surface area contributed by atoms with Crippen molar-refractivity contribution in [3.8, 4) is 16.9 Å². The third kappa shape index (κ3) is 4.86. The number of rotatable bonds is 8. The summed E-state index contributed by atoms with van der Waals surface area (Å²) in [6.07, 6.45) is 0. The molecular weight excluding hydrogens is 466 g/mol. The largest absolute Gasteiger partial charge is 0.497 e. The molecule has 3 rings (SSSR count). The lowest BCUT2D eigenvalue weighted by molar-refractivity contribution is -0.395. The summed E-state index contributed by atoms with van der Waals surface area (Å²) in [5.41, 5.74) is -0.314. The second-order valence-electron chi connectivity index (χ2n) is 6.91. The van der Waals surface area contributed by atoms with Gasteiger partial charge in [0, 0.05) is 23.1 Å². The van der Waals surface area contributed by atoms with Crippen LogP contribution in [0.3, 0.4) is 0 Å². The van der Waals surface area contributed by atoms with Gasteiger partial charge in [0.15, 0.2) is 0 Å². The van der Waals surface area contributed by atoms with Gasteiger partial charge in [0.25, 0.3) is 17.3 Å². The Kier molecular flexibility index (Phi) is 7.21. The number of hydrogen-bond acceptors (Lipinski definition) is 9. The fraction of sp³-hybridized carbons (Fsp3) is 0.182. The van der Waals surface area contributed by atoms with Gasteiger partial charge in [0.1, 0.15) is 21.9 Å². The van der Waals surface area contributed by atoms with Gasteiger partial charge in [-0.2, -0.15) is 0 Å². The second-order valence-corrected chi connectivity index (χ2v) is 7.79. The van der Waals surface area contributed by atoms with Crippen LogP contribution in [0.15, 0.2) is 41.8 Å². The molecule has 1 aromatic heterocycles. The maximum atomic E-state index is 12.9. The highest BCUT2D eigenvalue weighted by Crippen LogP contribution is 2.37. The van der Waals surface area contributed by atoms with Crippen LogP contribution in [0.1, 0.15) is 33.2 Å². The summed E-state index contributed by atoms with van der Waals surface area (Å²) < 4.78 is 10.3. The van der Waals surface area contributed by atoms with Gasteiger partial charge in [-0.05, 0) is 31.5 Å². The Labute approximate surface area is 197 Å². The minimum absolute atomic E-state index is 0.0977. The van der Waals surface area contributed by atoms with Crippen molar-refractivity contribution in [1.82, 2.24) is 0 Å². The molecule has 12 heteroatoms. The number of carbonyl (C=O) groups is 2. The number of carbonyl (C=O) groups excluding carboxylic acids is 2. The number of esters is 1. The number of nitro groups is 2. The van der Waals surface area contributed by atoms with Crippen molar-refractivity contribution in [2.45, 2.75) is 13.8 Å². The molecule has 0 saturated carbocycles. The van der Waals surface area contributed by atoms with Crippen LogP contribution in [0.2, 0.25) is 0 Å². The highest BCUT2D eigenvalue weighted by Gasteiger charge is 2.27. The third-order valence-corrected chi connectivity index (χ3v) is 5.80. The van der Waals surface area contributed by atoms with Crippen LogP contribution in [0.4, 0.5) is 16.4 Å². The number of benzene rings is 2. The van der Waals surface area contributed by atoms with Gasteiger partial charge in [-0.1, -0.05) is 12.1 Å². The molecule has 0 aliphatic heterocycles. The first kappa shape index (κ1) is 24.3. The molecule has 0 fully saturated rings. The number of hydrogen-bond donors (Lipinski definition) is 1. The second kappa shape index (κ2) is 10.1. The van der Waals surface area contributed by atoms with Crippen LogP contribution in [-0.2, 0) is 4.74 Å². The summed E-state index contributed by atoms with van der Waals surface area (Å²) >= 11 is 1.05. The van der Waals surface area contributed by atoms with Gasteiger partial charge >= 0.3 is 5.97 Å². The third-order valence-electron chi connectivity index (χ3n) is 4.91. The Bertz CT molecular complexity index is 1250. The number of nitrogens with zero attached hydrogens (tertiary/aromatic N) is 2. The quantitative estimate of drug-likeness (QED) is 0.266. The number of anilines is 1. The first-order chi connectivity index (χ1) is 16.2. The van der Waals surface area contributed by atoms with E-state index in [1.165, 1.54) is 14.0 Å². The predicted octanol–water partition coefficient (Wildman–Crippen LogP) is 4.98. The van der Waals surface area contributed by atoms with E-state index in [9.17, 15) is 29.8 Å². The van der Waals surface area contributed by atoms with Crippen LogP contribution < -0.4 is 10.1 Å². The molecular formula is C22H19N3O8S. The molecule has 0 atom stereocenters. The first-order valence-corrected chi connectivity index (χ1v) is 10.7. The average Bonchev–Trinajstić information content (AvgIpc) is 3.22. The lowest BCUT2D eigenvalue weighted by Crippen LogP contribution is -2.15. The van der Waals surface area contributed by atoms with E-state index in [1.54, 1.807) is 36.6 Å². The van der Waals surface area contributed by atoms with Crippen LogP contribution in [0.5, 0.6) is 5.75 Å². The van der Waals surface area contributed by atoms with E-state index in [-0.39, 0.29) is 28.3 Å². The van der Waals surface area contributed by atoms with Gasteiger partial charge in [-0.3, -0.25) is 25.0 Å². The Hall–Kier alpha value is -4.32. The summed E-state index contributed by atoms with van der Waals surface area (Å²) in [5.74, 6) is -0.904. The Balaban J connectivity index is 2.04. The minimum atomic E-state index is -0.847. The normalized spacial score (nSPS) is 10.4. The van der Waals surface area contributed by atoms with Crippen LogP contribution in [0, 0.1) is 27.2 Å². The van der Waals surface area contributed by atoms with E-state index in [0.717, 1.165) is 23.5 Å². The molecule has 1 amide bonds. The Morgan fingerprint density at radius 1 is 1.06 bits per heavy atom. The van der Waals surface area contributed by atoms with E-state index in [1.807, 2.05) is 0 Å². The summed E-state index contributed by atoms with van der Waals surface area (Å²) in [6.45, 7) is 2.97. The van der Waals surface area contributed by atoms with Gasteiger partial charge in [-0.15, -0.1) is 11.3 Å². The fourth-order valence-electron chi connectivity index (χ4n) is 3.21. The van der Waals surface area contributed by atoms with E-state index >= 15 is 0 Å². The zero-order valence-corrected chi connectivity index (χ0v) is 19.1. The van der Waals surface area contributed by atoms with Gasteiger partial charge in [-0.25, -0.2) is 4.79 Å². The van der Waals surface area contributed by atoms with Gasteiger partial charge < -0.3 is 14.8 Å². The summed E-state index contributed by atoms with van der Waals surface area (Å²) in [7, 11) is 1.52. The van der Waals surface area contributed by atoms with Crippen LogP contribution >= 0.6 is 11.3 Å². The SMILES string of the molecule is CCOC(=O)c1c(-c2ccc(OC)cc2)csc1NC(=O)c1cc([N+](=O)[O-])c(C)c([N+](=O)[O-])c1. The highest BCUT2D eigenvalue weighted by molar-refractivity contribution is 7.15. The topological polar surface area (TPSA) is 151 Å². The van der Waals surface area contributed by atoms with E-state index in [0.29, 0.717) is 16.9 Å². The number of nitro benzene ring substituents is 2. The Morgan fingerprint density at radius 3 is 2.15 bits per heavy atom. The van der Waals surface area contributed by atoms with Gasteiger partial charge in [0.05, 0.1) is 29.1 Å². The van der Waals surface area contributed by atoms with Crippen molar-refractivity contribution in [3.05, 3.63) is 78.7 Å². The van der Waals surface area contributed by atoms with Crippen molar-refractivity contribution in [2.75, 3.05) is 19.0 Å². The minimum Gasteiger partial charge on any atom is -0.497 e. The van der Waals surface area contributed by atoms with Crippen molar-refractivity contribution >= 4 is 39.6 Å². The molecule has 0 spiro atoms. The van der Waals surface area contributed by atoms with E-state index < -0.39 is 33.1 Å². The summed E-state index contributed by atoms with van der Waals surface area (Å²) in [6, 6.07) is 8.82. The molecule has 176 valence electrons. The van der Waals surface area contributed by atoms with E-state index in [4.69, 9.17) is 9.47 Å². The lowest BCUT2D eigenvalue weighted by atomic mass is 10.0. The van der Waals surface area contributed by atoms with Gasteiger partial charge in [0.2, 0.25) is 0 Å². The van der Waals surface area contributed by atoms with Crippen LogP contribution in [0.25, 0.3) is 11.1 Å². The molecule has 0 bridgehead atoms. The molecule has 1 N–H and O–H groups in total. The molecule has 0 aliphatic rings. The maximum Gasteiger partial charge on any atom is 0.341 e. The molecule has 0 saturated heterocycles. The number of nitrogens with one attached hydrogen (secondary N) is 1. The maximum absolute atomic E-state index is 12.9. The van der Waals surface area contributed by atoms with Crippen molar-refractivity contribution in [3.63, 3.8) is 0 Å². The Morgan fingerprint density at radius 2 is 1.65 bits per heavy atom. The standard InChI is InChI=1S/C22H19N3O8S/c1-4-33-22(27)19-16(13-5-7-15(32-3)8-6-13)11-34-21(19)23-20(26)14-9-17(24(28)29)12(2)18(10-14)25(30)31/h5-11H,4H2,1-3H3,(H,23,26). The number of ether oxygens (including phenoxy) is 2. The molecule has 0 unspecified atom stereocenters. The molecule has 0 aliphatic carbocycles. The fourth-order valence-corrected chi connectivity index (χ4v) is 4.16. The molecule has 34 heavy (non-hydrogen) atoms. The van der Waals surface area contributed by atoms with Crippen molar-refractivity contribution < 1.29 is 28.9 Å². The molecule has 0 radical (unpaired) electrons. The monoisotopic (exact) mass is 485 g/mol. The number of thiophene rings is 1. The zero-order valence-electron chi connectivity index (χ0n) is 18.3. The van der Waals surface area contributed by atoms with Crippen molar-refractivity contribution in [1.29, 1.82) is 0 Å². The average molecular weight is 485 g/mol. The number of amides is 1. The highest BCUT2D eigenvalue weighted by atomic mass is 32.1. The molecule has 2 aromatic carbocycles. The zero-order chi connectivity index (χ0) is 25.0. The molecule has 3 aromatic rings. The molecule has 11 nitrogen and oxygen atoms in total. The van der Waals surface area contributed by atoms with Crippen molar-refractivity contribution in [2.24, 2.45) is 0 Å². The van der Waals surface area contributed by atoms with Crippen LogP contribution in [-0.4, -0.2) is 35.4 Å². The number of methoxy groups -OCH3 is 1. The summed E-state index contributed by atoms with van der Waals surface area (Å²) in [4.78, 5) is 46.7. The first-order valence-electron chi connectivity index (χ1n) is 9.85.